The monoisotopic (exact) mass is 375 g/mol. The Bertz CT molecular complexity index is 754. The van der Waals surface area contributed by atoms with E-state index in [2.05, 4.69) is 15.1 Å². The first kappa shape index (κ1) is 18.6. The maximum Gasteiger partial charge on any atom is 0.335 e. The molecule has 1 fully saturated rings. The number of rotatable bonds is 7. The van der Waals surface area contributed by atoms with Gasteiger partial charge in [0.1, 0.15) is 10.8 Å². The van der Waals surface area contributed by atoms with E-state index in [1.807, 2.05) is 19.9 Å². The van der Waals surface area contributed by atoms with Crippen molar-refractivity contribution in [2.45, 2.75) is 39.5 Å². The van der Waals surface area contributed by atoms with Crippen LogP contribution in [0.4, 0.5) is 5.13 Å². The molecule has 26 heavy (non-hydrogen) atoms. The molecule has 0 radical (unpaired) electrons. The number of carboxylic acid groups (broad SMARTS) is 1. The molecule has 2 heterocycles. The van der Waals surface area contributed by atoms with Crippen LogP contribution in [0.15, 0.2) is 18.2 Å². The lowest BCUT2D eigenvalue weighted by atomic mass is 9.94. The van der Waals surface area contributed by atoms with Gasteiger partial charge in [-0.2, -0.15) is 0 Å². The SMILES string of the molecule is CCc1cc(OCCC2CCN(c3nnc(C)s3)CC2)ccc1C(=O)O. The third kappa shape index (κ3) is 4.52. The van der Waals surface area contributed by atoms with Crippen LogP contribution in [0, 0.1) is 12.8 Å². The zero-order chi connectivity index (χ0) is 18.5. The van der Waals surface area contributed by atoms with Gasteiger partial charge in [-0.25, -0.2) is 4.79 Å². The standard InChI is InChI=1S/C19H25N3O3S/c1-3-15-12-16(4-5-17(15)18(23)24)25-11-8-14-6-9-22(10-7-14)19-21-20-13(2)26-19/h4-5,12,14H,3,6-11H2,1-2H3,(H,23,24). The molecule has 6 nitrogen and oxygen atoms in total. The third-order valence-corrected chi connectivity index (χ3v) is 5.78. The van der Waals surface area contributed by atoms with Crippen molar-refractivity contribution >= 4 is 22.4 Å². The number of ether oxygens (including phenoxy) is 1. The van der Waals surface area contributed by atoms with Crippen molar-refractivity contribution in [3.8, 4) is 5.75 Å². The highest BCUT2D eigenvalue weighted by molar-refractivity contribution is 7.15. The van der Waals surface area contributed by atoms with E-state index in [1.54, 1.807) is 23.5 Å². The predicted octanol–water partition coefficient (Wildman–Crippen LogP) is 3.79. The number of aromatic carboxylic acids is 1. The number of aryl methyl sites for hydroxylation is 2. The molecule has 2 aromatic rings. The number of hydrogen-bond acceptors (Lipinski definition) is 6. The van der Waals surface area contributed by atoms with E-state index < -0.39 is 5.97 Å². The average Bonchev–Trinajstić information content (AvgIpc) is 3.08. The van der Waals surface area contributed by atoms with Gasteiger partial charge in [-0.1, -0.05) is 18.3 Å². The Balaban J connectivity index is 1.45. The zero-order valence-electron chi connectivity index (χ0n) is 15.3. The molecule has 0 unspecified atom stereocenters. The quantitative estimate of drug-likeness (QED) is 0.793. The van der Waals surface area contributed by atoms with Crippen LogP contribution < -0.4 is 9.64 Å². The molecule has 1 saturated heterocycles. The van der Waals surface area contributed by atoms with Crippen molar-refractivity contribution in [1.82, 2.24) is 10.2 Å². The number of nitrogens with zero attached hydrogens (tertiary/aromatic N) is 3. The van der Waals surface area contributed by atoms with Crippen LogP contribution in [0.25, 0.3) is 0 Å². The third-order valence-electron chi connectivity index (χ3n) is 4.88. The van der Waals surface area contributed by atoms with Crippen molar-refractivity contribution in [2.24, 2.45) is 5.92 Å². The zero-order valence-corrected chi connectivity index (χ0v) is 16.1. The number of benzene rings is 1. The molecule has 1 aromatic carbocycles. The Hall–Kier alpha value is -2.15. The molecule has 140 valence electrons. The molecule has 1 N–H and O–H groups in total. The Kier molecular flexibility index (Phi) is 6.08. The fourth-order valence-electron chi connectivity index (χ4n) is 3.33. The highest BCUT2D eigenvalue weighted by Crippen LogP contribution is 2.27. The molecule has 0 bridgehead atoms. The van der Waals surface area contributed by atoms with Gasteiger partial charge in [-0.05, 0) is 62.3 Å². The van der Waals surface area contributed by atoms with Gasteiger partial charge in [-0.3, -0.25) is 0 Å². The van der Waals surface area contributed by atoms with E-state index >= 15 is 0 Å². The van der Waals surface area contributed by atoms with Crippen LogP contribution in [-0.4, -0.2) is 41.0 Å². The van der Waals surface area contributed by atoms with Gasteiger partial charge in [-0.15, -0.1) is 10.2 Å². The van der Waals surface area contributed by atoms with Gasteiger partial charge in [0.15, 0.2) is 0 Å². The maximum absolute atomic E-state index is 11.2. The van der Waals surface area contributed by atoms with Crippen LogP contribution in [0.2, 0.25) is 0 Å². The molecule has 1 aliphatic rings. The molecule has 0 spiro atoms. The lowest BCUT2D eigenvalue weighted by Gasteiger charge is -2.31. The predicted molar refractivity (Wildman–Crippen MR) is 102 cm³/mol. The fraction of sp³-hybridized carbons (Fsp3) is 0.526. The second kappa shape index (κ2) is 8.49. The fourth-order valence-corrected chi connectivity index (χ4v) is 4.07. The highest BCUT2D eigenvalue weighted by atomic mass is 32.1. The number of carbonyl (C=O) groups is 1. The summed E-state index contributed by atoms with van der Waals surface area (Å²) in [6.07, 6.45) is 3.98. The minimum Gasteiger partial charge on any atom is -0.494 e. The first-order valence-corrected chi connectivity index (χ1v) is 9.92. The lowest BCUT2D eigenvalue weighted by Crippen LogP contribution is -2.34. The van der Waals surface area contributed by atoms with Gasteiger partial charge >= 0.3 is 5.97 Å². The number of aromatic nitrogens is 2. The minimum atomic E-state index is -0.884. The molecule has 0 atom stereocenters. The average molecular weight is 375 g/mol. The van der Waals surface area contributed by atoms with E-state index in [1.165, 1.54) is 0 Å². The Morgan fingerprint density at radius 2 is 2.12 bits per heavy atom. The first-order valence-electron chi connectivity index (χ1n) is 9.11. The summed E-state index contributed by atoms with van der Waals surface area (Å²) in [7, 11) is 0. The molecular formula is C19H25N3O3S. The molecule has 1 aromatic heterocycles. The van der Waals surface area contributed by atoms with Crippen molar-refractivity contribution in [1.29, 1.82) is 0 Å². The van der Waals surface area contributed by atoms with Gasteiger partial charge in [0.25, 0.3) is 0 Å². The second-order valence-corrected chi connectivity index (χ2v) is 7.81. The van der Waals surface area contributed by atoms with Crippen molar-refractivity contribution in [3.05, 3.63) is 34.3 Å². The number of piperidine rings is 1. The molecule has 0 aliphatic carbocycles. The van der Waals surface area contributed by atoms with Crippen LogP contribution in [0.5, 0.6) is 5.75 Å². The van der Waals surface area contributed by atoms with Crippen molar-refractivity contribution in [3.63, 3.8) is 0 Å². The normalized spacial score (nSPS) is 15.2. The maximum atomic E-state index is 11.2. The first-order chi connectivity index (χ1) is 12.6. The van der Waals surface area contributed by atoms with Gasteiger partial charge in [0, 0.05) is 13.1 Å². The van der Waals surface area contributed by atoms with Crippen LogP contribution in [0.3, 0.4) is 0 Å². The minimum absolute atomic E-state index is 0.360. The van der Waals surface area contributed by atoms with E-state index in [4.69, 9.17) is 4.74 Å². The summed E-state index contributed by atoms with van der Waals surface area (Å²) < 4.78 is 5.87. The lowest BCUT2D eigenvalue weighted by molar-refractivity contribution is 0.0695. The van der Waals surface area contributed by atoms with Crippen LogP contribution in [0.1, 0.15) is 47.1 Å². The van der Waals surface area contributed by atoms with Crippen LogP contribution in [-0.2, 0) is 6.42 Å². The summed E-state index contributed by atoms with van der Waals surface area (Å²) >= 11 is 1.65. The van der Waals surface area contributed by atoms with E-state index in [0.29, 0.717) is 24.5 Å². The Morgan fingerprint density at radius 3 is 2.73 bits per heavy atom. The second-order valence-electron chi connectivity index (χ2n) is 6.65. The molecular weight excluding hydrogens is 350 g/mol. The summed E-state index contributed by atoms with van der Waals surface area (Å²) in [5.74, 6) is 0.531. The topological polar surface area (TPSA) is 75.5 Å². The smallest absolute Gasteiger partial charge is 0.335 e. The molecule has 1 aliphatic heterocycles. The van der Waals surface area contributed by atoms with E-state index in [9.17, 15) is 9.90 Å². The molecule has 0 saturated carbocycles. The van der Waals surface area contributed by atoms with Gasteiger partial charge < -0.3 is 14.7 Å². The summed E-state index contributed by atoms with van der Waals surface area (Å²) in [6, 6.07) is 5.24. The van der Waals surface area contributed by atoms with E-state index in [-0.39, 0.29) is 0 Å². The highest BCUT2D eigenvalue weighted by Gasteiger charge is 2.21. The number of carboxylic acids is 1. The van der Waals surface area contributed by atoms with Crippen LogP contribution >= 0.6 is 11.3 Å². The molecule has 0 amide bonds. The molecule has 7 heteroatoms. The van der Waals surface area contributed by atoms with Crippen molar-refractivity contribution < 1.29 is 14.6 Å². The number of hydrogen-bond donors (Lipinski definition) is 1. The summed E-state index contributed by atoms with van der Waals surface area (Å²) in [4.78, 5) is 13.5. The largest absolute Gasteiger partial charge is 0.494 e. The summed E-state index contributed by atoms with van der Waals surface area (Å²) in [5, 5.41) is 19.6. The van der Waals surface area contributed by atoms with E-state index in [0.717, 1.165) is 53.8 Å². The number of anilines is 1. The molecule has 3 rings (SSSR count). The Morgan fingerprint density at radius 1 is 1.35 bits per heavy atom. The van der Waals surface area contributed by atoms with Gasteiger partial charge in [0.05, 0.1) is 12.2 Å². The van der Waals surface area contributed by atoms with Crippen molar-refractivity contribution in [2.75, 3.05) is 24.6 Å². The summed E-state index contributed by atoms with van der Waals surface area (Å²) in [6.45, 7) is 6.65. The summed E-state index contributed by atoms with van der Waals surface area (Å²) in [5.41, 5.74) is 1.18. The van der Waals surface area contributed by atoms with Gasteiger partial charge in [0.2, 0.25) is 5.13 Å². The Labute approximate surface area is 157 Å².